The summed E-state index contributed by atoms with van der Waals surface area (Å²) in [5.41, 5.74) is 1.99. The van der Waals surface area contributed by atoms with E-state index in [4.69, 9.17) is 4.74 Å². The third-order valence-electron chi connectivity index (χ3n) is 3.06. The van der Waals surface area contributed by atoms with Crippen LogP contribution in [-0.2, 0) is 4.74 Å². The van der Waals surface area contributed by atoms with E-state index in [0.717, 1.165) is 38.3 Å². The van der Waals surface area contributed by atoms with Gasteiger partial charge in [-0.25, -0.2) is 0 Å². The Morgan fingerprint density at radius 1 is 1.24 bits per heavy atom. The third-order valence-corrected chi connectivity index (χ3v) is 3.06. The van der Waals surface area contributed by atoms with E-state index >= 15 is 0 Å². The van der Waals surface area contributed by atoms with Gasteiger partial charge in [0.1, 0.15) is 0 Å². The van der Waals surface area contributed by atoms with Gasteiger partial charge in [0.05, 0.1) is 13.2 Å². The lowest BCUT2D eigenvalue weighted by Crippen LogP contribution is -2.32. The van der Waals surface area contributed by atoms with Crippen LogP contribution in [0.2, 0.25) is 0 Å². The Balaban J connectivity index is 1.93. The molecule has 0 saturated carbocycles. The fourth-order valence-corrected chi connectivity index (χ4v) is 1.99. The molecule has 1 fully saturated rings. The van der Waals surface area contributed by atoms with Crippen LogP contribution in [0.5, 0.6) is 0 Å². The Morgan fingerprint density at radius 2 is 2.00 bits per heavy atom. The van der Waals surface area contributed by atoms with Crippen molar-refractivity contribution in [2.45, 2.75) is 13.3 Å². The van der Waals surface area contributed by atoms with E-state index in [2.05, 4.69) is 4.90 Å². The van der Waals surface area contributed by atoms with Crippen LogP contribution in [-0.4, -0.2) is 43.5 Å². The standard InChI is InChI=1S/C14H19NO2/c1-12-3-5-13(6-4-12)14(16)11-15-7-2-9-17-10-8-15/h3-6H,2,7-11H2,1H3. The molecule has 2 rings (SSSR count). The van der Waals surface area contributed by atoms with Gasteiger partial charge in [0.25, 0.3) is 0 Å². The van der Waals surface area contributed by atoms with Crippen LogP contribution in [0.1, 0.15) is 22.3 Å². The molecule has 0 aromatic heterocycles. The van der Waals surface area contributed by atoms with E-state index in [1.165, 1.54) is 5.56 Å². The first-order valence-electron chi connectivity index (χ1n) is 6.16. The maximum atomic E-state index is 12.1. The summed E-state index contributed by atoms with van der Waals surface area (Å²) in [5, 5.41) is 0. The van der Waals surface area contributed by atoms with Crippen LogP contribution in [0, 0.1) is 6.92 Å². The minimum atomic E-state index is 0.201. The van der Waals surface area contributed by atoms with Gasteiger partial charge in [-0.05, 0) is 13.3 Å². The molecule has 1 aromatic rings. The SMILES string of the molecule is Cc1ccc(C(=O)CN2CCCOCC2)cc1. The smallest absolute Gasteiger partial charge is 0.176 e. The van der Waals surface area contributed by atoms with Crippen molar-refractivity contribution in [3.8, 4) is 0 Å². The molecule has 0 bridgehead atoms. The zero-order valence-electron chi connectivity index (χ0n) is 10.3. The average Bonchev–Trinajstić information content (AvgIpc) is 2.58. The van der Waals surface area contributed by atoms with E-state index in [9.17, 15) is 4.79 Å². The Morgan fingerprint density at radius 3 is 2.76 bits per heavy atom. The predicted octanol–water partition coefficient (Wildman–Crippen LogP) is 1.90. The zero-order chi connectivity index (χ0) is 12.1. The van der Waals surface area contributed by atoms with Crippen molar-refractivity contribution in [1.82, 2.24) is 4.90 Å². The summed E-state index contributed by atoms with van der Waals surface area (Å²) >= 11 is 0. The summed E-state index contributed by atoms with van der Waals surface area (Å²) < 4.78 is 5.37. The Bertz CT molecular complexity index is 364. The van der Waals surface area contributed by atoms with E-state index in [-0.39, 0.29) is 5.78 Å². The second kappa shape index (κ2) is 5.94. The average molecular weight is 233 g/mol. The molecule has 0 atom stereocenters. The van der Waals surface area contributed by atoms with Crippen LogP contribution in [0.4, 0.5) is 0 Å². The minimum Gasteiger partial charge on any atom is -0.380 e. The molecule has 1 aromatic carbocycles. The molecule has 0 aliphatic carbocycles. The summed E-state index contributed by atoms with van der Waals surface area (Å²) in [6.45, 7) is 5.90. The van der Waals surface area contributed by atoms with Crippen molar-refractivity contribution in [1.29, 1.82) is 0 Å². The molecule has 1 saturated heterocycles. The first-order chi connectivity index (χ1) is 8.25. The van der Waals surface area contributed by atoms with Gasteiger partial charge in [-0.2, -0.15) is 0 Å². The largest absolute Gasteiger partial charge is 0.380 e. The van der Waals surface area contributed by atoms with Gasteiger partial charge in [-0.3, -0.25) is 9.69 Å². The monoisotopic (exact) mass is 233 g/mol. The van der Waals surface area contributed by atoms with Crippen LogP contribution in [0.25, 0.3) is 0 Å². The second-order valence-electron chi connectivity index (χ2n) is 4.53. The molecule has 17 heavy (non-hydrogen) atoms. The van der Waals surface area contributed by atoms with E-state index in [0.29, 0.717) is 6.54 Å². The first-order valence-corrected chi connectivity index (χ1v) is 6.16. The van der Waals surface area contributed by atoms with Crippen LogP contribution in [0.15, 0.2) is 24.3 Å². The van der Waals surface area contributed by atoms with Gasteiger partial charge < -0.3 is 4.74 Å². The fourth-order valence-electron chi connectivity index (χ4n) is 1.99. The van der Waals surface area contributed by atoms with Gasteiger partial charge in [-0.1, -0.05) is 29.8 Å². The van der Waals surface area contributed by atoms with Gasteiger partial charge in [-0.15, -0.1) is 0 Å². The Labute approximate surface area is 102 Å². The molecule has 1 aliphatic rings. The highest BCUT2D eigenvalue weighted by Gasteiger charge is 2.14. The minimum absolute atomic E-state index is 0.201. The molecule has 92 valence electrons. The molecule has 1 aliphatic heterocycles. The lowest BCUT2D eigenvalue weighted by atomic mass is 10.1. The van der Waals surface area contributed by atoms with Crippen molar-refractivity contribution in [2.75, 3.05) is 32.8 Å². The van der Waals surface area contributed by atoms with E-state index in [1.807, 2.05) is 31.2 Å². The predicted molar refractivity (Wildman–Crippen MR) is 67.4 cm³/mol. The van der Waals surface area contributed by atoms with Crippen LogP contribution >= 0.6 is 0 Å². The van der Waals surface area contributed by atoms with Crippen molar-refractivity contribution >= 4 is 5.78 Å². The number of benzene rings is 1. The second-order valence-corrected chi connectivity index (χ2v) is 4.53. The number of aryl methyl sites for hydroxylation is 1. The third kappa shape index (κ3) is 3.65. The summed E-state index contributed by atoms with van der Waals surface area (Å²) in [4.78, 5) is 14.2. The summed E-state index contributed by atoms with van der Waals surface area (Å²) in [5.74, 6) is 0.201. The van der Waals surface area contributed by atoms with Crippen molar-refractivity contribution in [3.63, 3.8) is 0 Å². The van der Waals surface area contributed by atoms with Gasteiger partial charge >= 0.3 is 0 Å². The molecule has 1 heterocycles. The quantitative estimate of drug-likeness (QED) is 0.747. The number of rotatable bonds is 3. The first kappa shape index (κ1) is 12.3. The molecular weight excluding hydrogens is 214 g/mol. The molecular formula is C14H19NO2. The van der Waals surface area contributed by atoms with Gasteiger partial charge in [0, 0.05) is 25.3 Å². The van der Waals surface area contributed by atoms with Crippen LogP contribution in [0.3, 0.4) is 0 Å². The number of nitrogens with zero attached hydrogens (tertiary/aromatic N) is 1. The molecule has 0 amide bonds. The number of carbonyl (C=O) groups is 1. The molecule has 0 N–H and O–H groups in total. The van der Waals surface area contributed by atoms with Crippen LogP contribution < -0.4 is 0 Å². The van der Waals surface area contributed by atoms with E-state index < -0.39 is 0 Å². The number of hydrogen-bond acceptors (Lipinski definition) is 3. The molecule has 0 spiro atoms. The highest BCUT2D eigenvalue weighted by atomic mass is 16.5. The molecule has 3 nitrogen and oxygen atoms in total. The van der Waals surface area contributed by atoms with Gasteiger partial charge in [0.2, 0.25) is 0 Å². The molecule has 3 heteroatoms. The highest BCUT2D eigenvalue weighted by Crippen LogP contribution is 2.06. The maximum Gasteiger partial charge on any atom is 0.176 e. The molecule has 0 unspecified atom stereocenters. The fraction of sp³-hybridized carbons (Fsp3) is 0.500. The molecule has 0 radical (unpaired) electrons. The summed E-state index contributed by atoms with van der Waals surface area (Å²) in [6.07, 6.45) is 1.02. The van der Waals surface area contributed by atoms with Crippen molar-refractivity contribution in [3.05, 3.63) is 35.4 Å². The van der Waals surface area contributed by atoms with Gasteiger partial charge in [0.15, 0.2) is 5.78 Å². The topological polar surface area (TPSA) is 29.5 Å². The highest BCUT2D eigenvalue weighted by molar-refractivity contribution is 5.97. The number of Topliss-reactive ketones (excluding diaryl/α,β-unsaturated/α-hetero) is 1. The number of hydrogen-bond donors (Lipinski definition) is 0. The maximum absolute atomic E-state index is 12.1. The Kier molecular flexibility index (Phi) is 4.29. The normalized spacial score (nSPS) is 17.7. The number of ketones is 1. The number of carbonyl (C=O) groups excluding carboxylic acids is 1. The van der Waals surface area contributed by atoms with Crippen molar-refractivity contribution in [2.24, 2.45) is 0 Å². The number of ether oxygens (including phenoxy) is 1. The summed E-state index contributed by atoms with van der Waals surface area (Å²) in [7, 11) is 0. The zero-order valence-corrected chi connectivity index (χ0v) is 10.3. The van der Waals surface area contributed by atoms with E-state index in [1.54, 1.807) is 0 Å². The summed E-state index contributed by atoms with van der Waals surface area (Å²) in [6, 6.07) is 7.79. The Hall–Kier alpha value is -1.19. The lowest BCUT2D eigenvalue weighted by Gasteiger charge is -2.17. The lowest BCUT2D eigenvalue weighted by molar-refractivity contribution is 0.0922. The van der Waals surface area contributed by atoms with Crippen molar-refractivity contribution < 1.29 is 9.53 Å².